The Hall–Kier alpha value is -0.120. The van der Waals surface area contributed by atoms with Crippen LogP contribution in [-0.4, -0.2) is 48.8 Å². The minimum atomic E-state index is 0.307. The lowest BCUT2D eigenvalue weighted by Gasteiger charge is -2.42. The van der Waals surface area contributed by atoms with E-state index in [9.17, 15) is 5.11 Å². The molecule has 0 aromatic carbocycles. The molecule has 0 radical (unpaired) electrons. The first-order chi connectivity index (χ1) is 9.33. The van der Waals surface area contributed by atoms with Gasteiger partial charge in [0.15, 0.2) is 0 Å². The van der Waals surface area contributed by atoms with Crippen LogP contribution in [0.25, 0.3) is 0 Å². The van der Waals surface area contributed by atoms with Crippen molar-refractivity contribution in [3.8, 4) is 0 Å². The van der Waals surface area contributed by atoms with Crippen LogP contribution in [-0.2, 0) is 0 Å². The predicted molar refractivity (Wildman–Crippen MR) is 80.3 cm³/mol. The summed E-state index contributed by atoms with van der Waals surface area (Å²) >= 11 is 0. The Balaban J connectivity index is 1.77. The van der Waals surface area contributed by atoms with Crippen LogP contribution in [0.3, 0.4) is 0 Å². The largest absolute Gasteiger partial charge is 0.396 e. The van der Waals surface area contributed by atoms with Crippen LogP contribution in [0.2, 0.25) is 0 Å². The average molecular weight is 268 g/mol. The van der Waals surface area contributed by atoms with Gasteiger partial charge >= 0.3 is 0 Å². The lowest BCUT2D eigenvalue weighted by molar-refractivity contribution is 0.0770. The molecule has 19 heavy (non-hydrogen) atoms. The highest BCUT2D eigenvalue weighted by molar-refractivity contribution is 4.85. The van der Waals surface area contributed by atoms with Crippen molar-refractivity contribution in [2.24, 2.45) is 11.8 Å². The normalized spacial score (nSPS) is 30.0. The SMILES string of the molecule is CCCNC(CCO)CN1CCC2CCCCC2C1. The maximum Gasteiger partial charge on any atom is 0.0446 e. The molecule has 112 valence electrons. The maximum atomic E-state index is 9.19. The zero-order valence-electron chi connectivity index (χ0n) is 12.6. The van der Waals surface area contributed by atoms with Crippen molar-refractivity contribution in [3.63, 3.8) is 0 Å². The Kier molecular flexibility index (Phi) is 6.62. The van der Waals surface area contributed by atoms with E-state index < -0.39 is 0 Å². The van der Waals surface area contributed by atoms with E-state index >= 15 is 0 Å². The third kappa shape index (κ3) is 4.73. The van der Waals surface area contributed by atoms with Crippen molar-refractivity contribution >= 4 is 0 Å². The molecule has 1 aliphatic carbocycles. The van der Waals surface area contributed by atoms with E-state index in [4.69, 9.17) is 0 Å². The summed E-state index contributed by atoms with van der Waals surface area (Å²) in [6.07, 6.45) is 9.32. The molecule has 1 saturated carbocycles. The van der Waals surface area contributed by atoms with Crippen molar-refractivity contribution in [1.82, 2.24) is 10.2 Å². The van der Waals surface area contributed by atoms with Gasteiger partial charge in [-0.2, -0.15) is 0 Å². The van der Waals surface area contributed by atoms with Crippen molar-refractivity contribution in [2.75, 3.05) is 32.8 Å². The molecule has 0 bridgehead atoms. The summed E-state index contributed by atoms with van der Waals surface area (Å²) in [5.41, 5.74) is 0. The summed E-state index contributed by atoms with van der Waals surface area (Å²) in [6, 6.07) is 0.477. The fourth-order valence-electron chi connectivity index (χ4n) is 3.92. The third-order valence-electron chi connectivity index (χ3n) is 5.01. The number of hydrogen-bond acceptors (Lipinski definition) is 3. The first kappa shape index (κ1) is 15.3. The molecule has 2 rings (SSSR count). The molecule has 0 spiro atoms. The zero-order valence-corrected chi connectivity index (χ0v) is 12.6. The number of fused-ring (bicyclic) bond motifs is 1. The van der Waals surface area contributed by atoms with Gasteiger partial charge in [0.05, 0.1) is 0 Å². The Labute approximate surface area is 118 Å². The van der Waals surface area contributed by atoms with E-state index in [-0.39, 0.29) is 0 Å². The quantitative estimate of drug-likeness (QED) is 0.743. The molecular weight excluding hydrogens is 236 g/mol. The smallest absolute Gasteiger partial charge is 0.0446 e. The van der Waals surface area contributed by atoms with Crippen molar-refractivity contribution in [1.29, 1.82) is 0 Å². The monoisotopic (exact) mass is 268 g/mol. The minimum Gasteiger partial charge on any atom is -0.396 e. The maximum absolute atomic E-state index is 9.19. The fourth-order valence-corrected chi connectivity index (χ4v) is 3.92. The molecule has 3 nitrogen and oxygen atoms in total. The second-order valence-corrected chi connectivity index (χ2v) is 6.52. The van der Waals surface area contributed by atoms with Crippen molar-refractivity contribution in [2.45, 2.75) is 57.9 Å². The first-order valence-electron chi connectivity index (χ1n) is 8.40. The molecule has 1 saturated heterocycles. The van der Waals surface area contributed by atoms with Gasteiger partial charge in [-0.25, -0.2) is 0 Å². The average Bonchev–Trinajstić information content (AvgIpc) is 2.45. The molecular formula is C16H32N2O. The lowest BCUT2D eigenvalue weighted by Crippen LogP contribution is -2.48. The van der Waals surface area contributed by atoms with E-state index in [1.807, 2.05) is 0 Å². The van der Waals surface area contributed by atoms with Crippen molar-refractivity contribution in [3.05, 3.63) is 0 Å². The van der Waals surface area contributed by atoms with Gasteiger partial charge in [-0.3, -0.25) is 0 Å². The fraction of sp³-hybridized carbons (Fsp3) is 1.00. The Morgan fingerprint density at radius 1 is 1.21 bits per heavy atom. The third-order valence-corrected chi connectivity index (χ3v) is 5.01. The van der Waals surface area contributed by atoms with Crippen LogP contribution in [0.1, 0.15) is 51.9 Å². The Morgan fingerprint density at radius 3 is 2.74 bits per heavy atom. The highest BCUT2D eigenvalue weighted by Gasteiger charge is 2.31. The number of likely N-dealkylation sites (tertiary alicyclic amines) is 1. The molecule has 2 N–H and O–H groups in total. The molecule has 0 aromatic heterocycles. The van der Waals surface area contributed by atoms with Gasteiger partial charge in [-0.15, -0.1) is 0 Å². The van der Waals surface area contributed by atoms with Gasteiger partial charge in [-0.05, 0) is 50.6 Å². The van der Waals surface area contributed by atoms with Crippen LogP contribution in [0, 0.1) is 11.8 Å². The standard InChI is InChI=1S/C16H32N2O/c1-2-9-17-16(8-11-19)13-18-10-7-14-5-3-4-6-15(14)12-18/h14-17,19H,2-13H2,1H3. The number of rotatable bonds is 7. The van der Waals surface area contributed by atoms with E-state index in [1.54, 1.807) is 0 Å². The predicted octanol–water partition coefficient (Wildman–Crippen LogP) is 2.25. The van der Waals surface area contributed by atoms with Crippen molar-refractivity contribution < 1.29 is 5.11 Å². The molecule has 0 aromatic rings. The number of aliphatic hydroxyl groups is 1. The molecule has 1 heterocycles. The van der Waals surface area contributed by atoms with E-state index in [0.717, 1.165) is 31.3 Å². The highest BCUT2D eigenvalue weighted by Crippen LogP contribution is 2.35. The summed E-state index contributed by atoms with van der Waals surface area (Å²) in [4.78, 5) is 2.65. The number of piperidine rings is 1. The topological polar surface area (TPSA) is 35.5 Å². The second kappa shape index (κ2) is 8.23. The minimum absolute atomic E-state index is 0.307. The molecule has 3 heteroatoms. The van der Waals surface area contributed by atoms with E-state index in [2.05, 4.69) is 17.1 Å². The molecule has 2 fully saturated rings. The molecule has 1 aliphatic heterocycles. The summed E-state index contributed by atoms with van der Waals surface area (Å²) in [5.74, 6) is 1.98. The Bertz CT molecular complexity index is 247. The lowest BCUT2D eigenvalue weighted by atomic mass is 9.75. The van der Waals surface area contributed by atoms with Gasteiger partial charge in [-0.1, -0.05) is 26.2 Å². The second-order valence-electron chi connectivity index (χ2n) is 6.52. The number of aliphatic hydroxyl groups excluding tert-OH is 1. The summed E-state index contributed by atoms with van der Waals surface area (Å²) < 4.78 is 0. The van der Waals surface area contributed by atoms with E-state index in [0.29, 0.717) is 12.6 Å². The van der Waals surface area contributed by atoms with Crippen LogP contribution < -0.4 is 5.32 Å². The van der Waals surface area contributed by atoms with Gasteiger partial charge in [0, 0.05) is 25.7 Å². The highest BCUT2D eigenvalue weighted by atomic mass is 16.3. The van der Waals surface area contributed by atoms with Gasteiger partial charge in [0.2, 0.25) is 0 Å². The van der Waals surface area contributed by atoms with Crippen LogP contribution in [0.15, 0.2) is 0 Å². The van der Waals surface area contributed by atoms with E-state index in [1.165, 1.54) is 51.6 Å². The summed E-state index contributed by atoms with van der Waals surface area (Å²) in [6.45, 7) is 7.30. The number of nitrogens with one attached hydrogen (secondary N) is 1. The number of hydrogen-bond donors (Lipinski definition) is 2. The first-order valence-corrected chi connectivity index (χ1v) is 8.40. The van der Waals surface area contributed by atoms with Crippen LogP contribution in [0.5, 0.6) is 0 Å². The molecule has 0 amide bonds. The number of nitrogens with zero attached hydrogens (tertiary/aromatic N) is 1. The van der Waals surface area contributed by atoms with Gasteiger partial charge in [0.25, 0.3) is 0 Å². The molecule has 3 atom stereocenters. The van der Waals surface area contributed by atoms with Gasteiger partial charge in [0.1, 0.15) is 0 Å². The summed E-state index contributed by atoms with van der Waals surface area (Å²) in [7, 11) is 0. The zero-order chi connectivity index (χ0) is 13.5. The Morgan fingerprint density at radius 2 is 2.00 bits per heavy atom. The molecule has 3 unspecified atom stereocenters. The molecule has 2 aliphatic rings. The summed E-state index contributed by atoms with van der Waals surface area (Å²) in [5, 5.41) is 12.8. The van der Waals surface area contributed by atoms with Gasteiger partial charge < -0.3 is 15.3 Å². The van der Waals surface area contributed by atoms with Crippen LogP contribution >= 0.6 is 0 Å². The van der Waals surface area contributed by atoms with Crippen LogP contribution in [0.4, 0.5) is 0 Å².